The van der Waals surface area contributed by atoms with Crippen LogP contribution in [0.2, 0.25) is 0 Å². The van der Waals surface area contributed by atoms with Gasteiger partial charge in [0.1, 0.15) is 74.7 Å². The van der Waals surface area contributed by atoms with E-state index in [4.69, 9.17) is 14.2 Å². The van der Waals surface area contributed by atoms with Crippen LogP contribution in [0.1, 0.15) is 77.9 Å². The Hall–Kier alpha value is -8.26. The number of benzene rings is 7. The number of phenolic OH excluding ortho intramolecular Hbond substituents is 11. The van der Waals surface area contributed by atoms with Crippen LogP contribution in [-0.2, 0) is 86.3 Å². The van der Waals surface area contributed by atoms with Gasteiger partial charge in [-0.05, 0) is 88.0 Å². The summed E-state index contributed by atoms with van der Waals surface area (Å²) in [6, 6.07) is 20.0. The van der Waals surface area contributed by atoms with E-state index in [1.807, 2.05) is 0 Å². The minimum atomic E-state index is -0.534. The lowest BCUT2D eigenvalue weighted by atomic mass is 9.96. The molecule has 0 aliphatic rings. The van der Waals surface area contributed by atoms with Gasteiger partial charge < -0.3 is 90.8 Å². The van der Waals surface area contributed by atoms with E-state index in [1.54, 1.807) is 6.07 Å². The first-order chi connectivity index (χ1) is 33.9. The first kappa shape index (κ1) is 50.6. The minimum absolute atomic E-state index is 0.0130. The molecule has 0 heterocycles. The molecule has 18 nitrogen and oxygen atoms in total. The maximum absolute atomic E-state index is 11.3. The normalized spacial score (nSPS) is 11.4. The molecule has 18 heteroatoms. The van der Waals surface area contributed by atoms with Crippen molar-refractivity contribution < 1.29 is 90.8 Å². The van der Waals surface area contributed by atoms with E-state index in [-0.39, 0.29) is 184 Å². The SMILES string of the molecule is OCc1cc(COCc2ccc(O)cc2Cc2cc(COCc3cc(Cc4c(O)ccc(COCc5cc(Cc6cc(O)cc(O)c6CO)c(O)cc5O)c4O)c(O)cc3O)c(O)cc2O)c(O)cc1O. The summed E-state index contributed by atoms with van der Waals surface area (Å²) in [5, 5.41) is 156. The molecule has 0 radical (unpaired) electrons. The second kappa shape index (κ2) is 22.0. The zero-order valence-electron chi connectivity index (χ0n) is 37.9. The molecule has 7 aromatic rings. The third-order valence-electron chi connectivity index (χ3n) is 12.0. The number of aromatic hydroxyl groups is 13. The molecule has 0 spiro atoms. The Balaban J connectivity index is 0.994. The van der Waals surface area contributed by atoms with E-state index < -0.39 is 13.2 Å². The molecule has 0 amide bonds. The van der Waals surface area contributed by atoms with Crippen molar-refractivity contribution in [3.63, 3.8) is 0 Å². The van der Waals surface area contributed by atoms with Crippen LogP contribution in [0.3, 0.4) is 0 Å². The van der Waals surface area contributed by atoms with Gasteiger partial charge >= 0.3 is 0 Å². The topological polar surface area (TPSA) is 331 Å². The summed E-state index contributed by atoms with van der Waals surface area (Å²) >= 11 is 0. The van der Waals surface area contributed by atoms with E-state index in [2.05, 4.69) is 0 Å². The van der Waals surface area contributed by atoms with Crippen LogP contribution in [0.5, 0.6) is 74.7 Å². The third-order valence-corrected chi connectivity index (χ3v) is 12.0. The van der Waals surface area contributed by atoms with Crippen LogP contribution in [0.4, 0.5) is 0 Å². The molecule has 0 aliphatic carbocycles. The Morgan fingerprint density at radius 2 is 0.648 bits per heavy atom. The Morgan fingerprint density at radius 3 is 1.14 bits per heavy atom. The zero-order chi connectivity index (χ0) is 51.1. The Kier molecular flexibility index (Phi) is 15.7. The van der Waals surface area contributed by atoms with Crippen molar-refractivity contribution in [1.82, 2.24) is 0 Å². The summed E-state index contributed by atoms with van der Waals surface area (Å²) < 4.78 is 17.5. The lowest BCUT2D eigenvalue weighted by Gasteiger charge is -2.16. The fraction of sp³-hybridized carbons (Fsp3) is 0.208. The summed E-state index contributed by atoms with van der Waals surface area (Å²) in [5.41, 5.74) is 3.99. The standard InChI is InChI=1S/C53H52O18/c54-19-34-10-38(51(66)18-47(34)62)26-69-21-27-1-3-39(56)11-29(27)5-31-7-35(48(63)15-44(31)59)24-71-25-37-9-33(46(61)17-50(37)65)13-41-43(58)4-2-28(53(41)68)22-70-23-36-8-32(45(60)16-49(36)64)6-30-12-40(57)14-52(67)42(30)20-55/h1-4,7-12,14-18,54-68H,5-6,13,19-26H2. The average Bonchev–Trinajstić information content (AvgIpc) is 3.31. The van der Waals surface area contributed by atoms with Crippen LogP contribution < -0.4 is 0 Å². The molecule has 0 atom stereocenters. The van der Waals surface area contributed by atoms with Crippen LogP contribution in [0, 0.1) is 0 Å². The van der Waals surface area contributed by atoms with Crippen molar-refractivity contribution in [2.24, 2.45) is 0 Å². The van der Waals surface area contributed by atoms with Gasteiger partial charge in [-0.3, -0.25) is 0 Å². The third kappa shape index (κ3) is 12.0. The predicted octanol–water partition coefficient (Wildman–Crippen LogP) is 6.77. The highest BCUT2D eigenvalue weighted by atomic mass is 16.5. The number of aliphatic hydroxyl groups excluding tert-OH is 2. The van der Waals surface area contributed by atoms with Crippen molar-refractivity contribution in [3.05, 3.63) is 169 Å². The van der Waals surface area contributed by atoms with Crippen molar-refractivity contribution in [3.8, 4) is 74.7 Å². The number of phenols is 13. The molecule has 71 heavy (non-hydrogen) atoms. The van der Waals surface area contributed by atoms with Crippen molar-refractivity contribution in [2.45, 2.75) is 72.1 Å². The van der Waals surface area contributed by atoms with Gasteiger partial charge in [0.25, 0.3) is 0 Å². The molecule has 0 saturated carbocycles. The fourth-order valence-corrected chi connectivity index (χ4v) is 8.04. The van der Waals surface area contributed by atoms with Crippen LogP contribution in [-0.4, -0.2) is 76.6 Å². The second-order valence-electron chi connectivity index (χ2n) is 16.9. The number of aliphatic hydroxyl groups is 2. The van der Waals surface area contributed by atoms with Gasteiger partial charge in [-0.2, -0.15) is 0 Å². The number of rotatable bonds is 20. The van der Waals surface area contributed by atoms with Crippen molar-refractivity contribution in [2.75, 3.05) is 0 Å². The molecular weight excluding hydrogens is 925 g/mol. The summed E-state index contributed by atoms with van der Waals surface area (Å²) in [5.74, 6) is -3.61. The molecule has 0 aromatic heterocycles. The van der Waals surface area contributed by atoms with Gasteiger partial charge in [0.15, 0.2) is 0 Å². The highest BCUT2D eigenvalue weighted by Crippen LogP contribution is 2.39. The molecule has 0 unspecified atom stereocenters. The second-order valence-corrected chi connectivity index (χ2v) is 16.9. The van der Waals surface area contributed by atoms with Gasteiger partial charge in [0.05, 0.1) is 52.9 Å². The Labute approximate surface area is 405 Å². The van der Waals surface area contributed by atoms with Gasteiger partial charge in [-0.25, -0.2) is 0 Å². The Morgan fingerprint density at radius 1 is 0.254 bits per heavy atom. The maximum Gasteiger partial charge on any atom is 0.128 e. The van der Waals surface area contributed by atoms with Crippen LogP contribution >= 0.6 is 0 Å². The average molecular weight is 977 g/mol. The van der Waals surface area contributed by atoms with Gasteiger partial charge in [-0.1, -0.05) is 6.07 Å². The molecule has 0 aliphatic heterocycles. The number of hydrogen-bond donors (Lipinski definition) is 15. The van der Waals surface area contributed by atoms with E-state index in [0.717, 1.165) is 30.3 Å². The van der Waals surface area contributed by atoms with Crippen molar-refractivity contribution in [1.29, 1.82) is 0 Å². The van der Waals surface area contributed by atoms with E-state index >= 15 is 0 Å². The first-order valence-corrected chi connectivity index (χ1v) is 21.9. The lowest BCUT2D eigenvalue weighted by molar-refractivity contribution is 0.103. The molecule has 15 N–H and O–H groups in total. The quantitative estimate of drug-likeness (QED) is 0.0375. The monoisotopic (exact) mass is 976 g/mol. The van der Waals surface area contributed by atoms with E-state index in [9.17, 15) is 76.6 Å². The smallest absolute Gasteiger partial charge is 0.128 e. The molecule has 0 fully saturated rings. The highest BCUT2D eigenvalue weighted by molar-refractivity contribution is 5.55. The summed E-state index contributed by atoms with van der Waals surface area (Å²) in [6.45, 7) is -1.93. The highest BCUT2D eigenvalue weighted by Gasteiger charge is 2.20. The van der Waals surface area contributed by atoms with Gasteiger partial charge in [0, 0.05) is 94.1 Å². The molecule has 7 aromatic carbocycles. The van der Waals surface area contributed by atoms with Gasteiger partial charge in [-0.15, -0.1) is 0 Å². The summed E-state index contributed by atoms with van der Waals surface area (Å²) in [4.78, 5) is 0. The molecular formula is C53H52O18. The fourth-order valence-electron chi connectivity index (χ4n) is 8.04. The zero-order valence-corrected chi connectivity index (χ0v) is 37.9. The molecule has 7 rings (SSSR count). The lowest BCUT2D eigenvalue weighted by Crippen LogP contribution is -2.02. The molecule has 0 bridgehead atoms. The minimum Gasteiger partial charge on any atom is -0.508 e. The van der Waals surface area contributed by atoms with Crippen LogP contribution in [0.25, 0.3) is 0 Å². The van der Waals surface area contributed by atoms with Gasteiger partial charge in [0.2, 0.25) is 0 Å². The number of ether oxygens (including phenoxy) is 3. The van der Waals surface area contributed by atoms with E-state index in [0.29, 0.717) is 27.8 Å². The van der Waals surface area contributed by atoms with Crippen molar-refractivity contribution >= 4 is 0 Å². The number of hydrogen-bond acceptors (Lipinski definition) is 18. The largest absolute Gasteiger partial charge is 0.508 e. The summed E-state index contributed by atoms with van der Waals surface area (Å²) in [6.07, 6.45) is -0.176. The Bertz CT molecular complexity index is 3080. The van der Waals surface area contributed by atoms with E-state index in [1.165, 1.54) is 54.6 Å². The summed E-state index contributed by atoms with van der Waals surface area (Å²) in [7, 11) is 0. The molecule has 0 saturated heterocycles. The van der Waals surface area contributed by atoms with Crippen LogP contribution in [0.15, 0.2) is 91.0 Å². The predicted molar refractivity (Wildman–Crippen MR) is 252 cm³/mol. The first-order valence-electron chi connectivity index (χ1n) is 21.9. The molecule has 372 valence electrons. The maximum atomic E-state index is 11.3.